The van der Waals surface area contributed by atoms with Crippen LogP contribution in [0.4, 0.5) is 10.5 Å². The average Bonchev–Trinajstić information content (AvgIpc) is 2.94. The third-order valence-electron chi connectivity index (χ3n) is 4.94. The van der Waals surface area contributed by atoms with Gasteiger partial charge in [-0.15, -0.1) is 0 Å². The maximum absolute atomic E-state index is 12.9. The summed E-state index contributed by atoms with van der Waals surface area (Å²) in [4.78, 5) is 14.8. The first-order valence-electron chi connectivity index (χ1n) is 9.14. The highest BCUT2D eigenvalue weighted by Gasteiger charge is 2.24. The van der Waals surface area contributed by atoms with Gasteiger partial charge in [0, 0.05) is 24.0 Å². The summed E-state index contributed by atoms with van der Waals surface area (Å²) in [5.41, 5.74) is 1.83. The summed E-state index contributed by atoms with van der Waals surface area (Å²) < 4.78 is 10.7. The fourth-order valence-electron chi connectivity index (χ4n) is 3.51. The molecule has 1 aliphatic rings. The van der Waals surface area contributed by atoms with Gasteiger partial charge >= 0.3 is 6.03 Å². The number of halogens is 1. The molecule has 144 valence electrons. The Bertz CT molecular complexity index is 779. The summed E-state index contributed by atoms with van der Waals surface area (Å²) in [6.07, 6.45) is 3.15. The molecule has 2 aromatic rings. The van der Waals surface area contributed by atoms with Gasteiger partial charge in [-0.25, -0.2) is 4.79 Å². The number of carbonyl (C=O) groups excluding carboxylic acids is 1. The maximum atomic E-state index is 12.9. The number of para-hydroxylation sites is 1. The molecule has 3 rings (SSSR count). The van der Waals surface area contributed by atoms with Crippen molar-refractivity contribution in [2.75, 3.05) is 32.6 Å². The number of anilines is 1. The fourth-order valence-corrected chi connectivity index (χ4v) is 3.64. The van der Waals surface area contributed by atoms with Gasteiger partial charge in [-0.3, -0.25) is 0 Å². The van der Waals surface area contributed by atoms with Gasteiger partial charge in [-0.05, 0) is 42.7 Å². The molecule has 27 heavy (non-hydrogen) atoms. The first-order chi connectivity index (χ1) is 13.1. The number of hydrogen-bond acceptors (Lipinski definition) is 3. The van der Waals surface area contributed by atoms with Crippen molar-refractivity contribution >= 4 is 23.3 Å². The number of hydrogen-bond donors (Lipinski definition) is 1. The molecule has 0 aliphatic carbocycles. The first kappa shape index (κ1) is 19.4. The van der Waals surface area contributed by atoms with Crippen molar-refractivity contribution in [1.29, 1.82) is 0 Å². The first-order valence-corrected chi connectivity index (χ1v) is 9.52. The third-order valence-corrected chi connectivity index (χ3v) is 5.20. The number of rotatable bonds is 4. The molecule has 2 amide bonds. The number of amides is 2. The van der Waals surface area contributed by atoms with E-state index in [0.29, 0.717) is 29.6 Å². The van der Waals surface area contributed by atoms with Crippen molar-refractivity contribution in [2.45, 2.75) is 25.2 Å². The van der Waals surface area contributed by atoms with Gasteiger partial charge in [0.2, 0.25) is 0 Å². The van der Waals surface area contributed by atoms with Crippen molar-refractivity contribution < 1.29 is 14.3 Å². The Balaban J connectivity index is 1.75. The maximum Gasteiger partial charge on any atom is 0.321 e. The van der Waals surface area contributed by atoms with Crippen LogP contribution in [0, 0.1) is 0 Å². The standard InChI is InChI=1S/C21H25ClN2O3/c1-26-19-8-5-7-18(20(19)27-2)23-21(25)24-13-4-3-6-16(14-24)15-9-11-17(22)12-10-15/h5,7-12,16H,3-4,6,13-14H2,1-2H3,(H,23,25). The van der Waals surface area contributed by atoms with Crippen molar-refractivity contribution in [3.8, 4) is 11.5 Å². The molecular formula is C21H25ClN2O3. The predicted molar refractivity (Wildman–Crippen MR) is 108 cm³/mol. The van der Waals surface area contributed by atoms with Gasteiger partial charge in [-0.2, -0.15) is 0 Å². The quantitative estimate of drug-likeness (QED) is 0.787. The summed E-state index contributed by atoms with van der Waals surface area (Å²) in [6, 6.07) is 13.3. The Labute approximate surface area is 165 Å². The number of likely N-dealkylation sites (tertiary alicyclic amines) is 1. The van der Waals surface area contributed by atoms with Crippen molar-refractivity contribution in [1.82, 2.24) is 4.90 Å². The molecule has 1 N–H and O–H groups in total. The number of ether oxygens (including phenoxy) is 2. The molecule has 0 radical (unpaired) electrons. The van der Waals surface area contributed by atoms with Crippen LogP contribution in [0.1, 0.15) is 30.7 Å². The number of carbonyl (C=O) groups is 1. The molecule has 1 atom stereocenters. The van der Waals surface area contributed by atoms with E-state index >= 15 is 0 Å². The van der Waals surface area contributed by atoms with Crippen LogP contribution in [-0.4, -0.2) is 38.2 Å². The van der Waals surface area contributed by atoms with E-state index in [1.165, 1.54) is 5.56 Å². The molecule has 1 fully saturated rings. The zero-order chi connectivity index (χ0) is 19.2. The van der Waals surface area contributed by atoms with E-state index in [1.807, 2.05) is 29.2 Å². The van der Waals surface area contributed by atoms with Gasteiger partial charge in [0.15, 0.2) is 11.5 Å². The van der Waals surface area contributed by atoms with Crippen LogP contribution < -0.4 is 14.8 Å². The van der Waals surface area contributed by atoms with E-state index < -0.39 is 0 Å². The van der Waals surface area contributed by atoms with Crippen LogP contribution in [0.2, 0.25) is 5.02 Å². The molecule has 6 heteroatoms. The second kappa shape index (κ2) is 9.00. The van der Waals surface area contributed by atoms with Crippen LogP contribution in [-0.2, 0) is 0 Å². The molecule has 1 heterocycles. The Morgan fingerprint density at radius 2 is 1.89 bits per heavy atom. The third kappa shape index (κ3) is 4.66. The molecule has 1 saturated heterocycles. The molecular weight excluding hydrogens is 364 g/mol. The highest BCUT2D eigenvalue weighted by molar-refractivity contribution is 6.30. The van der Waals surface area contributed by atoms with Crippen LogP contribution in [0.3, 0.4) is 0 Å². The lowest BCUT2D eigenvalue weighted by molar-refractivity contribution is 0.211. The Kier molecular flexibility index (Phi) is 6.45. The topological polar surface area (TPSA) is 50.8 Å². The van der Waals surface area contributed by atoms with Crippen molar-refractivity contribution in [3.05, 3.63) is 53.1 Å². The number of nitrogens with one attached hydrogen (secondary N) is 1. The van der Waals surface area contributed by atoms with Crippen LogP contribution in [0.15, 0.2) is 42.5 Å². The van der Waals surface area contributed by atoms with E-state index in [2.05, 4.69) is 17.4 Å². The highest BCUT2D eigenvalue weighted by atomic mass is 35.5. The average molecular weight is 389 g/mol. The second-order valence-corrected chi connectivity index (χ2v) is 7.10. The van der Waals surface area contributed by atoms with Gasteiger partial charge in [-0.1, -0.05) is 36.2 Å². The number of urea groups is 1. The van der Waals surface area contributed by atoms with Crippen molar-refractivity contribution in [3.63, 3.8) is 0 Å². The summed E-state index contributed by atoms with van der Waals surface area (Å²) >= 11 is 6.01. The lowest BCUT2D eigenvalue weighted by Crippen LogP contribution is -2.37. The molecule has 2 aromatic carbocycles. The van der Waals surface area contributed by atoms with Gasteiger partial charge < -0.3 is 19.7 Å². The van der Waals surface area contributed by atoms with Crippen molar-refractivity contribution in [2.24, 2.45) is 0 Å². The van der Waals surface area contributed by atoms with E-state index in [9.17, 15) is 4.79 Å². The smallest absolute Gasteiger partial charge is 0.321 e. The monoisotopic (exact) mass is 388 g/mol. The molecule has 1 aliphatic heterocycles. The molecule has 5 nitrogen and oxygen atoms in total. The summed E-state index contributed by atoms with van der Waals surface area (Å²) in [6.45, 7) is 1.42. The molecule has 0 saturated carbocycles. The largest absolute Gasteiger partial charge is 0.493 e. The van der Waals surface area contributed by atoms with Gasteiger partial charge in [0.05, 0.1) is 19.9 Å². The minimum Gasteiger partial charge on any atom is -0.493 e. The predicted octanol–water partition coefficient (Wildman–Crippen LogP) is 5.16. The minimum absolute atomic E-state index is 0.123. The van der Waals surface area contributed by atoms with E-state index in [1.54, 1.807) is 20.3 Å². The van der Waals surface area contributed by atoms with E-state index in [-0.39, 0.29) is 6.03 Å². The van der Waals surface area contributed by atoms with Crippen LogP contribution in [0.5, 0.6) is 11.5 Å². The Morgan fingerprint density at radius 1 is 1.11 bits per heavy atom. The van der Waals surface area contributed by atoms with E-state index in [4.69, 9.17) is 21.1 Å². The Morgan fingerprint density at radius 3 is 2.59 bits per heavy atom. The lowest BCUT2D eigenvalue weighted by Gasteiger charge is -2.25. The summed E-state index contributed by atoms with van der Waals surface area (Å²) in [5, 5.41) is 3.70. The van der Waals surface area contributed by atoms with Gasteiger partial charge in [0.25, 0.3) is 0 Å². The van der Waals surface area contributed by atoms with E-state index in [0.717, 1.165) is 30.8 Å². The number of benzene rings is 2. The molecule has 0 bridgehead atoms. The Hall–Kier alpha value is -2.40. The summed E-state index contributed by atoms with van der Waals surface area (Å²) in [7, 11) is 3.14. The minimum atomic E-state index is -0.123. The molecule has 1 unspecified atom stereocenters. The van der Waals surface area contributed by atoms with Gasteiger partial charge in [0.1, 0.15) is 0 Å². The molecule has 0 spiro atoms. The number of methoxy groups -OCH3 is 2. The highest BCUT2D eigenvalue weighted by Crippen LogP contribution is 2.35. The molecule has 0 aromatic heterocycles. The zero-order valence-electron chi connectivity index (χ0n) is 15.7. The zero-order valence-corrected chi connectivity index (χ0v) is 16.5. The SMILES string of the molecule is COc1cccc(NC(=O)N2CCCCC(c3ccc(Cl)cc3)C2)c1OC. The van der Waals surface area contributed by atoms with Crippen LogP contribution in [0.25, 0.3) is 0 Å². The summed E-state index contributed by atoms with van der Waals surface area (Å²) in [5.74, 6) is 1.42. The normalized spacial score (nSPS) is 17.1. The number of nitrogens with zero attached hydrogens (tertiary/aromatic N) is 1. The second-order valence-electron chi connectivity index (χ2n) is 6.66. The fraction of sp³-hybridized carbons (Fsp3) is 0.381. The van der Waals surface area contributed by atoms with Crippen LogP contribution >= 0.6 is 11.6 Å². The lowest BCUT2D eigenvalue weighted by atomic mass is 9.94.